The smallest absolute Gasteiger partial charge is 0.287 e. The van der Waals surface area contributed by atoms with Crippen LogP contribution in [0.3, 0.4) is 0 Å². The largest absolute Gasteiger partial charge is 0.459 e. The zero-order valence-electron chi connectivity index (χ0n) is 14.0. The van der Waals surface area contributed by atoms with Gasteiger partial charge in [-0.1, -0.05) is 13.8 Å². The molecule has 1 aromatic heterocycles. The first kappa shape index (κ1) is 18.6. The number of hydrogen-bond acceptors (Lipinski definition) is 3. The molecule has 0 aliphatic heterocycles. The van der Waals surface area contributed by atoms with E-state index in [4.69, 9.17) is 4.42 Å². The lowest BCUT2D eigenvalue weighted by Crippen LogP contribution is -2.50. The lowest BCUT2D eigenvalue weighted by molar-refractivity contribution is -0.123. The number of nitrogens with one attached hydrogen (secondary N) is 2. The van der Waals surface area contributed by atoms with Crippen molar-refractivity contribution < 1.29 is 22.8 Å². The van der Waals surface area contributed by atoms with Gasteiger partial charge in [-0.15, -0.1) is 0 Å². The summed E-state index contributed by atoms with van der Waals surface area (Å²) in [5.41, 5.74) is 0.443. The highest BCUT2D eigenvalue weighted by Crippen LogP contribution is 2.09. The van der Waals surface area contributed by atoms with Crippen LogP contribution in [0.2, 0.25) is 0 Å². The first-order valence-electron chi connectivity index (χ1n) is 7.94. The average Bonchev–Trinajstić information content (AvgIpc) is 3.05. The molecule has 2 N–H and O–H groups in total. The third kappa shape index (κ3) is 5.41. The highest BCUT2D eigenvalue weighted by Gasteiger charge is 2.25. The maximum Gasteiger partial charge on any atom is 0.287 e. The summed E-state index contributed by atoms with van der Waals surface area (Å²) in [5, 5.41) is 5.29. The molecule has 7 heteroatoms. The third-order valence-electron chi connectivity index (χ3n) is 3.62. The van der Waals surface area contributed by atoms with E-state index in [9.17, 15) is 18.4 Å². The monoisotopic (exact) mass is 350 g/mol. The minimum atomic E-state index is -0.748. The minimum Gasteiger partial charge on any atom is -0.459 e. The van der Waals surface area contributed by atoms with Gasteiger partial charge in [0.25, 0.3) is 5.91 Å². The molecular formula is C18H20F2N2O3. The summed E-state index contributed by atoms with van der Waals surface area (Å²) < 4.78 is 31.3. The molecule has 0 saturated heterocycles. The van der Waals surface area contributed by atoms with E-state index < -0.39 is 23.6 Å². The fourth-order valence-electron chi connectivity index (χ4n) is 2.35. The number of halogens is 2. The molecular weight excluding hydrogens is 330 g/mol. The van der Waals surface area contributed by atoms with Gasteiger partial charge >= 0.3 is 0 Å². The molecule has 2 aromatic rings. The van der Waals surface area contributed by atoms with Crippen molar-refractivity contribution in [3.05, 3.63) is 59.6 Å². The lowest BCUT2D eigenvalue weighted by atomic mass is 10.0. The van der Waals surface area contributed by atoms with Gasteiger partial charge in [-0.05, 0) is 42.2 Å². The Balaban J connectivity index is 1.90. The number of carbonyl (C=O) groups is 2. The molecule has 0 fully saturated rings. The third-order valence-corrected chi connectivity index (χ3v) is 3.62. The zero-order valence-corrected chi connectivity index (χ0v) is 14.0. The Kier molecular flexibility index (Phi) is 6.27. The number of rotatable bonds is 7. The SMILES string of the molecule is CC(C)[C@H](NC(=O)c1ccco1)C(=O)NCCc1cc(F)cc(F)c1. The predicted octanol–water partition coefficient (Wildman–Crippen LogP) is 2.67. The van der Waals surface area contributed by atoms with Crippen LogP contribution >= 0.6 is 0 Å². The van der Waals surface area contributed by atoms with E-state index in [-0.39, 0.29) is 30.6 Å². The molecule has 0 radical (unpaired) electrons. The predicted molar refractivity (Wildman–Crippen MR) is 87.9 cm³/mol. The van der Waals surface area contributed by atoms with E-state index in [1.165, 1.54) is 24.5 Å². The fourth-order valence-corrected chi connectivity index (χ4v) is 2.35. The molecule has 0 spiro atoms. The van der Waals surface area contributed by atoms with Crippen LogP contribution in [0.1, 0.15) is 30.0 Å². The van der Waals surface area contributed by atoms with Gasteiger partial charge in [0, 0.05) is 12.6 Å². The maximum absolute atomic E-state index is 13.1. The van der Waals surface area contributed by atoms with Crippen LogP contribution < -0.4 is 10.6 Å². The molecule has 1 atom stereocenters. The topological polar surface area (TPSA) is 71.3 Å². The van der Waals surface area contributed by atoms with Crippen LogP contribution in [-0.4, -0.2) is 24.4 Å². The second-order valence-corrected chi connectivity index (χ2v) is 5.99. The standard InChI is InChI=1S/C18H20F2N2O3/c1-11(2)16(22-17(23)15-4-3-7-25-15)18(24)21-6-5-12-8-13(19)10-14(20)9-12/h3-4,7-11,16H,5-6H2,1-2H3,(H,21,24)(H,22,23)/t16-/m0/s1. The van der Waals surface area contributed by atoms with Crippen molar-refractivity contribution in [2.24, 2.45) is 5.92 Å². The Labute approximate surface area is 144 Å². The molecule has 0 bridgehead atoms. The summed E-state index contributed by atoms with van der Waals surface area (Å²) in [6.45, 7) is 3.80. The second kappa shape index (κ2) is 8.41. The van der Waals surface area contributed by atoms with Crippen LogP contribution in [0.25, 0.3) is 0 Å². The molecule has 0 unspecified atom stereocenters. The van der Waals surface area contributed by atoms with Gasteiger partial charge in [-0.25, -0.2) is 8.78 Å². The minimum absolute atomic E-state index is 0.119. The Morgan fingerprint density at radius 3 is 2.40 bits per heavy atom. The molecule has 2 rings (SSSR count). The first-order chi connectivity index (χ1) is 11.9. The molecule has 134 valence electrons. The zero-order chi connectivity index (χ0) is 18.4. The normalized spacial score (nSPS) is 12.0. The van der Waals surface area contributed by atoms with Crippen molar-refractivity contribution in [3.63, 3.8) is 0 Å². The van der Waals surface area contributed by atoms with Crippen molar-refractivity contribution in [1.82, 2.24) is 10.6 Å². The molecule has 25 heavy (non-hydrogen) atoms. The quantitative estimate of drug-likeness (QED) is 0.806. The molecule has 0 aliphatic carbocycles. The van der Waals surface area contributed by atoms with Crippen LogP contribution in [-0.2, 0) is 11.2 Å². The van der Waals surface area contributed by atoms with Crippen molar-refractivity contribution in [2.45, 2.75) is 26.3 Å². The van der Waals surface area contributed by atoms with Gasteiger partial charge in [-0.2, -0.15) is 0 Å². The maximum atomic E-state index is 13.1. The van der Waals surface area contributed by atoms with Gasteiger partial charge in [0.05, 0.1) is 6.26 Å². The van der Waals surface area contributed by atoms with Gasteiger partial charge < -0.3 is 15.1 Å². The van der Waals surface area contributed by atoms with E-state index in [1.807, 2.05) is 0 Å². The molecule has 0 saturated carbocycles. The van der Waals surface area contributed by atoms with Crippen molar-refractivity contribution in [2.75, 3.05) is 6.54 Å². The number of benzene rings is 1. The fraction of sp³-hybridized carbons (Fsp3) is 0.333. The van der Waals surface area contributed by atoms with Crippen molar-refractivity contribution in [1.29, 1.82) is 0 Å². The summed E-state index contributed by atoms with van der Waals surface area (Å²) in [7, 11) is 0. The molecule has 1 aromatic carbocycles. The Morgan fingerprint density at radius 1 is 1.16 bits per heavy atom. The van der Waals surface area contributed by atoms with Crippen LogP contribution in [0.4, 0.5) is 8.78 Å². The van der Waals surface area contributed by atoms with E-state index in [1.54, 1.807) is 19.9 Å². The summed E-state index contributed by atoms with van der Waals surface area (Å²) in [5.74, 6) is -2.20. The molecule has 1 heterocycles. The Morgan fingerprint density at radius 2 is 1.84 bits per heavy atom. The Hall–Kier alpha value is -2.70. The van der Waals surface area contributed by atoms with E-state index in [2.05, 4.69) is 10.6 Å². The van der Waals surface area contributed by atoms with Crippen molar-refractivity contribution in [3.8, 4) is 0 Å². The lowest BCUT2D eigenvalue weighted by Gasteiger charge is -2.21. The number of amides is 2. The van der Waals surface area contributed by atoms with E-state index >= 15 is 0 Å². The van der Waals surface area contributed by atoms with Crippen LogP contribution in [0, 0.1) is 17.6 Å². The second-order valence-electron chi connectivity index (χ2n) is 5.99. The van der Waals surface area contributed by atoms with E-state index in [0.717, 1.165) is 6.07 Å². The van der Waals surface area contributed by atoms with E-state index in [0.29, 0.717) is 5.56 Å². The summed E-state index contributed by atoms with van der Waals surface area (Å²) >= 11 is 0. The molecule has 2 amide bonds. The summed E-state index contributed by atoms with van der Waals surface area (Å²) in [4.78, 5) is 24.3. The van der Waals surface area contributed by atoms with Gasteiger partial charge in [0.1, 0.15) is 17.7 Å². The average molecular weight is 350 g/mol. The van der Waals surface area contributed by atoms with Crippen molar-refractivity contribution >= 4 is 11.8 Å². The number of hydrogen-bond donors (Lipinski definition) is 2. The Bertz CT molecular complexity index is 710. The first-order valence-corrected chi connectivity index (χ1v) is 7.94. The van der Waals surface area contributed by atoms with Gasteiger partial charge in [-0.3, -0.25) is 9.59 Å². The summed E-state index contributed by atoms with van der Waals surface area (Å²) in [6.07, 6.45) is 1.65. The molecule has 5 nitrogen and oxygen atoms in total. The number of furan rings is 1. The van der Waals surface area contributed by atoms with Crippen LogP contribution in [0.5, 0.6) is 0 Å². The highest BCUT2D eigenvalue weighted by molar-refractivity contribution is 5.95. The molecule has 0 aliphatic rings. The van der Waals surface area contributed by atoms with Crippen LogP contribution in [0.15, 0.2) is 41.0 Å². The number of carbonyl (C=O) groups excluding carboxylic acids is 2. The van der Waals surface area contributed by atoms with Gasteiger partial charge in [0.15, 0.2) is 5.76 Å². The van der Waals surface area contributed by atoms with Gasteiger partial charge in [0.2, 0.25) is 5.91 Å². The highest BCUT2D eigenvalue weighted by atomic mass is 19.1. The summed E-state index contributed by atoms with van der Waals surface area (Å²) in [6, 6.07) is 5.56.